The van der Waals surface area contributed by atoms with Crippen molar-refractivity contribution >= 4 is 34.4 Å². The van der Waals surface area contributed by atoms with E-state index in [4.69, 9.17) is 16.3 Å². The summed E-state index contributed by atoms with van der Waals surface area (Å²) in [6, 6.07) is 5.43. The second-order valence-electron chi connectivity index (χ2n) is 7.57. The summed E-state index contributed by atoms with van der Waals surface area (Å²) in [6.07, 6.45) is 5.05. The Labute approximate surface area is 164 Å². The van der Waals surface area contributed by atoms with Crippen LogP contribution in [0.4, 0.5) is 0 Å². The van der Waals surface area contributed by atoms with Crippen molar-refractivity contribution in [3.05, 3.63) is 34.5 Å². The van der Waals surface area contributed by atoms with E-state index in [1.54, 1.807) is 4.90 Å². The van der Waals surface area contributed by atoms with E-state index in [-0.39, 0.29) is 18.0 Å². The van der Waals surface area contributed by atoms with Gasteiger partial charge in [0.15, 0.2) is 0 Å². The molecule has 1 aliphatic carbocycles. The van der Waals surface area contributed by atoms with Crippen molar-refractivity contribution in [2.75, 3.05) is 6.54 Å². The molecule has 1 fully saturated rings. The third kappa shape index (κ3) is 3.57. The van der Waals surface area contributed by atoms with Crippen molar-refractivity contribution in [1.29, 1.82) is 0 Å². The third-order valence-corrected chi connectivity index (χ3v) is 5.93. The maximum atomic E-state index is 12.8. The number of hydrogen-bond donors (Lipinski definition) is 1. The maximum Gasteiger partial charge on any atom is 0.329 e. The topological polar surface area (TPSA) is 62.4 Å². The molecule has 1 N–H and O–H groups in total. The number of benzene rings is 1. The summed E-state index contributed by atoms with van der Waals surface area (Å²) in [4.78, 5) is 30.2. The lowest BCUT2D eigenvalue weighted by atomic mass is 9.93. The summed E-state index contributed by atoms with van der Waals surface area (Å²) in [6.45, 7) is 2.64. The van der Waals surface area contributed by atoms with Crippen LogP contribution in [0.5, 0.6) is 0 Å². The van der Waals surface area contributed by atoms with Crippen molar-refractivity contribution in [3.63, 3.8) is 0 Å². The molecule has 27 heavy (non-hydrogen) atoms. The number of likely N-dealkylation sites (tertiary alicyclic amines) is 1. The zero-order chi connectivity index (χ0) is 19.0. The maximum absolute atomic E-state index is 12.8. The molecule has 6 heteroatoms. The van der Waals surface area contributed by atoms with Gasteiger partial charge in [0, 0.05) is 41.0 Å². The fourth-order valence-electron chi connectivity index (χ4n) is 4.37. The number of ether oxygens (including phenoxy) is 1. The number of amides is 1. The molecule has 2 aromatic rings. The van der Waals surface area contributed by atoms with E-state index < -0.39 is 6.04 Å². The van der Waals surface area contributed by atoms with Crippen molar-refractivity contribution in [3.8, 4) is 0 Å². The van der Waals surface area contributed by atoms with E-state index in [1.807, 2.05) is 25.1 Å². The van der Waals surface area contributed by atoms with Crippen LogP contribution in [0.25, 0.3) is 10.9 Å². The monoisotopic (exact) mass is 388 g/mol. The first kappa shape index (κ1) is 18.4. The van der Waals surface area contributed by atoms with Gasteiger partial charge in [0.25, 0.3) is 0 Å². The van der Waals surface area contributed by atoms with Crippen LogP contribution in [-0.4, -0.2) is 40.5 Å². The van der Waals surface area contributed by atoms with Crippen LogP contribution in [0, 0.1) is 0 Å². The summed E-state index contributed by atoms with van der Waals surface area (Å²) in [5, 5.41) is 1.82. The van der Waals surface area contributed by atoms with Gasteiger partial charge in [0.2, 0.25) is 5.91 Å². The molecule has 1 aromatic carbocycles. The number of carbonyl (C=O) groups is 2. The Morgan fingerprint density at radius 1 is 1.33 bits per heavy atom. The molecule has 0 saturated carbocycles. The van der Waals surface area contributed by atoms with E-state index >= 15 is 0 Å². The van der Waals surface area contributed by atoms with E-state index in [2.05, 4.69) is 4.98 Å². The van der Waals surface area contributed by atoms with E-state index in [9.17, 15) is 9.59 Å². The summed E-state index contributed by atoms with van der Waals surface area (Å²) in [7, 11) is 0. The van der Waals surface area contributed by atoms with Crippen LogP contribution in [0.2, 0.25) is 5.02 Å². The summed E-state index contributed by atoms with van der Waals surface area (Å²) >= 11 is 6.16. The molecular formula is C21H25ClN2O3. The molecule has 2 atom stereocenters. The van der Waals surface area contributed by atoms with E-state index in [0.717, 1.165) is 36.6 Å². The Hall–Kier alpha value is -2.01. The van der Waals surface area contributed by atoms with Gasteiger partial charge in [-0.25, -0.2) is 4.79 Å². The number of rotatable bonds is 4. The molecule has 5 nitrogen and oxygen atoms in total. The Balaban J connectivity index is 1.46. The summed E-state index contributed by atoms with van der Waals surface area (Å²) in [5.74, 6) is -0.183. The van der Waals surface area contributed by atoms with Crippen molar-refractivity contribution < 1.29 is 14.3 Å². The lowest BCUT2D eigenvalue weighted by molar-refractivity contribution is -0.158. The predicted octanol–water partition coefficient (Wildman–Crippen LogP) is 4.01. The number of hydrogen-bond acceptors (Lipinski definition) is 3. The first-order chi connectivity index (χ1) is 13.1. The molecule has 1 saturated heterocycles. The highest BCUT2D eigenvalue weighted by Crippen LogP contribution is 2.32. The molecule has 4 rings (SSSR count). The van der Waals surface area contributed by atoms with Gasteiger partial charge in [-0.05, 0) is 55.9 Å². The molecule has 0 spiro atoms. The molecule has 144 valence electrons. The molecule has 1 aliphatic heterocycles. The largest absolute Gasteiger partial charge is 0.460 e. The average molecular weight is 389 g/mol. The van der Waals surface area contributed by atoms with Gasteiger partial charge in [-0.3, -0.25) is 4.79 Å². The molecule has 0 radical (unpaired) electrons. The number of aryl methyl sites for hydroxylation is 1. The van der Waals surface area contributed by atoms with Gasteiger partial charge in [-0.15, -0.1) is 0 Å². The van der Waals surface area contributed by atoms with E-state index in [0.29, 0.717) is 30.8 Å². The van der Waals surface area contributed by atoms with Crippen molar-refractivity contribution in [2.45, 2.75) is 64.0 Å². The highest BCUT2D eigenvalue weighted by molar-refractivity contribution is 6.31. The Kier molecular flexibility index (Phi) is 5.13. The minimum absolute atomic E-state index is 0.0640. The van der Waals surface area contributed by atoms with Gasteiger partial charge in [0.05, 0.1) is 0 Å². The number of aromatic amines is 1. The zero-order valence-electron chi connectivity index (χ0n) is 15.6. The van der Waals surface area contributed by atoms with Crippen LogP contribution in [0.1, 0.15) is 50.3 Å². The fraction of sp³-hybridized carbons (Fsp3) is 0.524. The number of nitrogens with one attached hydrogen (secondary N) is 1. The predicted molar refractivity (Wildman–Crippen MR) is 105 cm³/mol. The van der Waals surface area contributed by atoms with Gasteiger partial charge < -0.3 is 14.6 Å². The number of esters is 1. The fourth-order valence-corrected chi connectivity index (χ4v) is 4.54. The Bertz CT molecular complexity index is 876. The minimum Gasteiger partial charge on any atom is -0.460 e. The molecule has 2 heterocycles. The number of nitrogens with zero attached hydrogens (tertiary/aromatic N) is 1. The second kappa shape index (κ2) is 7.55. The quantitative estimate of drug-likeness (QED) is 0.805. The lowest BCUT2D eigenvalue weighted by Gasteiger charge is -2.27. The highest BCUT2D eigenvalue weighted by atomic mass is 35.5. The number of H-pyrrole nitrogens is 1. The SMILES string of the molecule is CCCC(=O)N1CCC[C@H]1C(=O)O[C@H]1CCc2[nH]c3ccc(Cl)cc3c2C1. The summed E-state index contributed by atoms with van der Waals surface area (Å²) in [5.41, 5.74) is 3.48. The van der Waals surface area contributed by atoms with E-state index in [1.165, 1.54) is 11.3 Å². The number of carbonyl (C=O) groups excluding carboxylic acids is 2. The number of aromatic nitrogens is 1. The van der Waals surface area contributed by atoms with Gasteiger partial charge in [0.1, 0.15) is 12.1 Å². The van der Waals surface area contributed by atoms with Crippen molar-refractivity contribution in [2.24, 2.45) is 0 Å². The lowest BCUT2D eigenvalue weighted by Crippen LogP contribution is -2.43. The van der Waals surface area contributed by atoms with Crippen molar-refractivity contribution in [1.82, 2.24) is 9.88 Å². The van der Waals surface area contributed by atoms with Crippen LogP contribution >= 0.6 is 11.6 Å². The molecule has 0 bridgehead atoms. The highest BCUT2D eigenvalue weighted by Gasteiger charge is 2.36. The van der Waals surface area contributed by atoms with Crippen LogP contribution < -0.4 is 0 Å². The molecular weight excluding hydrogens is 364 g/mol. The smallest absolute Gasteiger partial charge is 0.329 e. The molecule has 0 unspecified atom stereocenters. The van der Waals surface area contributed by atoms with Crippen LogP contribution in [0.3, 0.4) is 0 Å². The number of fused-ring (bicyclic) bond motifs is 3. The first-order valence-electron chi connectivity index (χ1n) is 9.85. The zero-order valence-corrected chi connectivity index (χ0v) is 16.3. The van der Waals surface area contributed by atoms with Gasteiger partial charge >= 0.3 is 5.97 Å². The van der Waals surface area contributed by atoms with Gasteiger partial charge in [-0.1, -0.05) is 18.5 Å². The minimum atomic E-state index is -0.414. The third-order valence-electron chi connectivity index (χ3n) is 5.70. The second-order valence-corrected chi connectivity index (χ2v) is 8.01. The summed E-state index contributed by atoms with van der Waals surface area (Å²) < 4.78 is 5.86. The molecule has 2 aliphatic rings. The molecule has 1 aromatic heterocycles. The molecule has 1 amide bonds. The standard InChI is InChI=1S/C21H25ClN2O3/c1-2-4-20(25)24-10-3-5-19(24)21(26)27-14-7-9-18-16(12-14)15-11-13(22)6-8-17(15)23-18/h6,8,11,14,19,23H,2-5,7,9-10,12H2,1H3/t14-,19-/m0/s1. The number of halogens is 1. The van der Waals surface area contributed by atoms with Crippen LogP contribution in [0.15, 0.2) is 18.2 Å². The Morgan fingerprint density at radius 2 is 2.19 bits per heavy atom. The van der Waals surface area contributed by atoms with Crippen LogP contribution in [-0.2, 0) is 27.2 Å². The first-order valence-corrected chi connectivity index (χ1v) is 10.2. The average Bonchev–Trinajstić information content (AvgIpc) is 3.26. The normalized spacial score (nSPS) is 22.1. The van der Waals surface area contributed by atoms with Gasteiger partial charge in [-0.2, -0.15) is 0 Å². The Morgan fingerprint density at radius 3 is 3.00 bits per heavy atom.